The van der Waals surface area contributed by atoms with Crippen LogP contribution in [0.15, 0.2) is 36.4 Å². The third-order valence-electron chi connectivity index (χ3n) is 5.71. The molecule has 0 radical (unpaired) electrons. The standard InChI is InChI=1S/C23H29ClN2O4S/c1-15(18-10-9-17-7-5-6-8-19(17)13-18)25-23(27)16(2)26(31(4,28)29)20-11-12-22(30-3)21(24)14-20/h9-16H,5-8H2,1-4H3,(H,25,27)/t15-,16-/m0/s1. The summed E-state index contributed by atoms with van der Waals surface area (Å²) < 4.78 is 31.3. The van der Waals surface area contributed by atoms with E-state index >= 15 is 0 Å². The van der Waals surface area contributed by atoms with Crippen LogP contribution < -0.4 is 14.4 Å². The highest BCUT2D eigenvalue weighted by Crippen LogP contribution is 2.31. The lowest BCUT2D eigenvalue weighted by Gasteiger charge is -2.29. The molecule has 0 aromatic heterocycles. The minimum absolute atomic E-state index is 0.247. The molecular formula is C23H29ClN2O4S. The zero-order valence-electron chi connectivity index (χ0n) is 18.3. The molecule has 0 heterocycles. The van der Waals surface area contributed by atoms with E-state index in [1.165, 1.54) is 37.1 Å². The zero-order valence-corrected chi connectivity index (χ0v) is 19.9. The number of ether oxygens (including phenoxy) is 1. The number of benzene rings is 2. The van der Waals surface area contributed by atoms with Gasteiger partial charge in [-0.05, 0) is 74.4 Å². The van der Waals surface area contributed by atoms with Gasteiger partial charge in [-0.2, -0.15) is 0 Å². The number of nitrogens with zero attached hydrogens (tertiary/aromatic N) is 1. The number of amides is 1. The number of hydrogen-bond acceptors (Lipinski definition) is 4. The van der Waals surface area contributed by atoms with Gasteiger partial charge in [0, 0.05) is 0 Å². The molecule has 0 saturated heterocycles. The van der Waals surface area contributed by atoms with E-state index < -0.39 is 16.1 Å². The molecule has 8 heteroatoms. The van der Waals surface area contributed by atoms with Crippen LogP contribution >= 0.6 is 11.6 Å². The van der Waals surface area contributed by atoms with Crippen LogP contribution in [-0.4, -0.2) is 33.7 Å². The number of aryl methyl sites for hydroxylation is 2. The molecule has 6 nitrogen and oxygen atoms in total. The van der Waals surface area contributed by atoms with Crippen molar-refractivity contribution in [2.24, 2.45) is 0 Å². The van der Waals surface area contributed by atoms with E-state index in [0.29, 0.717) is 11.4 Å². The Morgan fingerprint density at radius 1 is 1.10 bits per heavy atom. The van der Waals surface area contributed by atoms with Gasteiger partial charge in [-0.3, -0.25) is 9.10 Å². The van der Waals surface area contributed by atoms with Gasteiger partial charge < -0.3 is 10.1 Å². The van der Waals surface area contributed by atoms with Crippen molar-refractivity contribution in [2.45, 2.75) is 51.6 Å². The van der Waals surface area contributed by atoms with Crippen molar-refractivity contribution in [3.05, 3.63) is 58.1 Å². The van der Waals surface area contributed by atoms with Crippen LogP contribution in [0.25, 0.3) is 0 Å². The molecule has 0 spiro atoms. The topological polar surface area (TPSA) is 75.7 Å². The average Bonchev–Trinajstić information content (AvgIpc) is 2.72. The molecule has 1 N–H and O–H groups in total. The normalized spacial score (nSPS) is 15.5. The summed E-state index contributed by atoms with van der Waals surface area (Å²) in [5.74, 6) is 0.0413. The van der Waals surface area contributed by atoms with Crippen molar-refractivity contribution in [3.8, 4) is 5.75 Å². The Hall–Kier alpha value is -2.25. The zero-order chi connectivity index (χ0) is 22.8. The second-order valence-corrected chi connectivity index (χ2v) is 10.3. The molecule has 3 rings (SSSR count). The molecule has 2 aromatic carbocycles. The Morgan fingerprint density at radius 3 is 2.39 bits per heavy atom. The smallest absolute Gasteiger partial charge is 0.244 e. The van der Waals surface area contributed by atoms with Gasteiger partial charge >= 0.3 is 0 Å². The highest BCUT2D eigenvalue weighted by atomic mass is 35.5. The molecule has 1 amide bonds. The minimum atomic E-state index is -3.74. The Balaban J connectivity index is 1.81. The van der Waals surface area contributed by atoms with Gasteiger partial charge in [0.1, 0.15) is 11.8 Å². The fraction of sp³-hybridized carbons (Fsp3) is 0.435. The first-order valence-electron chi connectivity index (χ1n) is 10.4. The number of rotatable bonds is 7. The van der Waals surface area contributed by atoms with E-state index in [1.54, 1.807) is 19.1 Å². The number of fused-ring (bicyclic) bond motifs is 1. The second kappa shape index (κ2) is 9.49. The van der Waals surface area contributed by atoms with Crippen molar-refractivity contribution in [1.82, 2.24) is 5.32 Å². The lowest BCUT2D eigenvalue weighted by molar-refractivity contribution is -0.122. The van der Waals surface area contributed by atoms with E-state index in [4.69, 9.17) is 16.3 Å². The first kappa shape index (κ1) is 23.4. The molecule has 168 valence electrons. The van der Waals surface area contributed by atoms with Crippen molar-refractivity contribution in [3.63, 3.8) is 0 Å². The monoisotopic (exact) mass is 464 g/mol. The maximum atomic E-state index is 13.0. The molecular weight excluding hydrogens is 436 g/mol. The summed E-state index contributed by atoms with van der Waals surface area (Å²) in [7, 11) is -2.26. The van der Waals surface area contributed by atoms with Gasteiger partial charge in [0.25, 0.3) is 0 Å². The van der Waals surface area contributed by atoms with Crippen LogP contribution in [0.4, 0.5) is 5.69 Å². The molecule has 2 atom stereocenters. The molecule has 2 aromatic rings. The lowest BCUT2D eigenvalue weighted by Crippen LogP contribution is -2.48. The van der Waals surface area contributed by atoms with Gasteiger partial charge in [-0.15, -0.1) is 0 Å². The fourth-order valence-electron chi connectivity index (χ4n) is 4.04. The summed E-state index contributed by atoms with van der Waals surface area (Å²) in [6, 6.07) is 9.76. The van der Waals surface area contributed by atoms with Crippen LogP contribution in [0.1, 0.15) is 49.4 Å². The maximum Gasteiger partial charge on any atom is 0.244 e. The molecule has 1 aliphatic rings. The summed E-state index contributed by atoms with van der Waals surface area (Å²) in [6.07, 6.45) is 5.62. The highest BCUT2D eigenvalue weighted by molar-refractivity contribution is 7.92. The van der Waals surface area contributed by atoms with Crippen molar-refractivity contribution < 1.29 is 17.9 Å². The number of nitrogens with one attached hydrogen (secondary N) is 1. The van der Waals surface area contributed by atoms with Gasteiger partial charge in [-0.25, -0.2) is 8.42 Å². The summed E-state index contributed by atoms with van der Waals surface area (Å²) in [4.78, 5) is 13.0. The molecule has 0 saturated carbocycles. The van der Waals surface area contributed by atoms with E-state index in [1.807, 2.05) is 13.0 Å². The highest BCUT2D eigenvalue weighted by Gasteiger charge is 2.30. The number of anilines is 1. The Kier molecular flexibility index (Phi) is 7.17. The predicted octanol–water partition coefficient (Wildman–Crippen LogP) is 4.26. The Morgan fingerprint density at radius 2 is 1.77 bits per heavy atom. The number of methoxy groups -OCH3 is 1. The van der Waals surface area contributed by atoms with Crippen LogP contribution in [0.2, 0.25) is 5.02 Å². The van der Waals surface area contributed by atoms with Crippen LogP contribution in [0.3, 0.4) is 0 Å². The third kappa shape index (κ3) is 5.33. The van der Waals surface area contributed by atoms with E-state index in [0.717, 1.165) is 29.0 Å². The minimum Gasteiger partial charge on any atom is -0.495 e. The quantitative estimate of drug-likeness (QED) is 0.664. The number of hydrogen-bond donors (Lipinski definition) is 1. The molecule has 0 unspecified atom stereocenters. The van der Waals surface area contributed by atoms with Gasteiger partial charge in [0.2, 0.25) is 15.9 Å². The van der Waals surface area contributed by atoms with Crippen molar-refractivity contribution in [2.75, 3.05) is 17.7 Å². The molecule has 0 bridgehead atoms. The SMILES string of the molecule is COc1ccc(N([C@@H](C)C(=O)N[C@@H](C)c2ccc3c(c2)CCCC3)S(C)(=O)=O)cc1Cl. The fourth-order valence-corrected chi connectivity index (χ4v) is 5.46. The van der Waals surface area contributed by atoms with Gasteiger partial charge in [0.15, 0.2) is 0 Å². The van der Waals surface area contributed by atoms with E-state index in [-0.39, 0.29) is 17.0 Å². The maximum absolute atomic E-state index is 13.0. The molecule has 0 aliphatic heterocycles. The molecule has 1 aliphatic carbocycles. The van der Waals surface area contributed by atoms with Crippen molar-refractivity contribution >= 4 is 33.2 Å². The van der Waals surface area contributed by atoms with Crippen LogP contribution in [-0.2, 0) is 27.7 Å². The summed E-state index contributed by atoms with van der Waals surface area (Å²) in [5.41, 5.74) is 4.03. The molecule has 0 fully saturated rings. The van der Waals surface area contributed by atoms with Crippen LogP contribution in [0, 0.1) is 0 Å². The largest absolute Gasteiger partial charge is 0.495 e. The average molecular weight is 465 g/mol. The predicted molar refractivity (Wildman–Crippen MR) is 124 cm³/mol. The first-order chi connectivity index (χ1) is 14.6. The van der Waals surface area contributed by atoms with Gasteiger partial charge in [0.05, 0.1) is 30.1 Å². The Labute approximate surface area is 189 Å². The third-order valence-corrected chi connectivity index (χ3v) is 7.25. The number of sulfonamides is 1. The second-order valence-electron chi connectivity index (χ2n) is 8.02. The molecule has 31 heavy (non-hydrogen) atoms. The summed E-state index contributed by atoms with van der Waals surface area (Å²) >= 11 is 6.18. The number of carbonyl (C=O) groups excluding carboxylic acids is 1. The van der Waals surface area contributed by atoms with Crippen molar-refractivity contribution in [1.29, 1.82) is 0 Å². The number of halogens is 1. The lowest BCUT2D eigenvalue weighted by atomic mass is 9.89. The summed E-state index contributed by atoms with van der Waals surface area (Å²) in [5, 5.41) is 3.23. The first-order valence-corrected chi connectivity index (χ1v) is 12.6. The summed E-state index contributed by atoms with van der Waals surface area (Å²) in [6.45, 7) is 3.47. The Bertz CT molecular complexity index is 1070. The van der Waals surface area contributed by atoms with Gasteiger partial charge in [-0.1, -0.05) is 29.8 Å². The van der Waals surface area contributed by atoms with Crippen LogP contribution in [0.5, 0.6) is 5.75 Å². The van der Waals surface area contributed by atoms with E-state index in [9.17, 15) is 13.2 Å². The number of carbonyl (C=O) groups is 1. The van der Waals surface area contributed by atoms with E-state index in [2.05, 4.69) is 17.4 Å².